The van der Waals surface area contributed by atoms with E-state index in [1.807, 2.05) is 0 Å². The third kappa shape index (κ3) is 9.48. The van der Waals surface area contributed by atoms with Gasteiger partial charge in [0.05, 0.1) is 4.91 Å². The number of anilines is 3. The quantitative estimate of drug-likeness (QED) is 0.123. The second-order valence-electron chi connectivity index (χ2n) is 7.51. The van der Waals surface area contributed by atoms with Gasteiger partial charge in [0.1, 0.15) is 17.4 Å². The van der Waals surface area contributed by atoms with Gasteiger partial charge in [-0.3, -0.25) is 0 Å². The van der Waals surface area contributed by atoms with Crippen molar-refractivity contribution in [3.63, 3.8) is 0 Å². The molecule has 1 aromatic heterocycles. The average molecular weight is 560 g/mol. The molecule has 1 heterocycles. The summed E-state index contributed by atoms with van der Waals surface area (Å²) in [5.41, 5.74) is -0.967. The van der Waals surface area contributed by atoms with Gasteiger partial charge in [-0.05, 0) is 56.3 Å². The number of halogens is 4. The van der Waals surface area contributed by atoms with E-state index in [-0.39, 0.29) is 35.3 Å². The smallest absolute Gasteiger partial charge is 0.433 e. The van der Waals surface area contributed by atoms with Crippen molar-refractivity contribution in [2.45, 2.75) is 26.1 Å². The number of rotatable bonds is 13. The number of carboxylic acids is 1. The van der Waals surface area contributed by atoms with E-state index in [0.29, 0.717) is 6.07 Å². The molecule has 0 saturated carbocycles. The standard InChI is InChI=1S/C23H25F4N5O5S/c1-4-18(37-15(3)21(33)34)10-5-14(2)38(35,36)29-12-11-28-22-31-19(23(25,26)27)13-20(32-22)30-17-8-6-16(24)7-9-17/h4-10,13,15,29H,2,11-12H2,1,3H3,(H,33,34)(H2,28,30,31,32)/b10-5-,18-4+/t15-/m1/s1. The molecule has 1 aromatic carbocycles. The lowest BCUT2D eigenvalue weighted by atomic mass is 10.3. The number of aromatic nitrogens is 2. The number of hydrogen-bond acceptors (Lipinski definition) is 8. The van der Waals surface area contributed by atoms with Crippen molar-refractivity contribution >= 4 is 33.4 Å². The first-order valence-electron chi connectivity index (χ1n) is 10.9. The van der Waals surface area contributed by atoms with E-state index in [1.54, 1.807) is 6.92 Å². The average Bonchev–Trinajstić information content (AvgIpc) is 2.84. The molecule has 1 atom stereocenters. The summed E-state index contributed by atoms with van der Waals surface area (Å²) in [5, 5.41) is 14.0. The Kier molecular flexibility index (Phi) is 10.4. The lowest BCUT2D eigenvalue weighted by Crippen LogP contribution is -2.29. The molecular weight excluding hydrogens is 534 g/mol. The van der Waals surface area contributed by atoms with Crippen LogP contribution in [0.3, 0.4) is 0 Å². The predicted octanol–water partition coefficient (Wildman–Crippen LogP) is 4.17. The zero-order chi connectivity index (χ0) is 28.5. The Bertz CT molecular complexity index is 1310. The number of ether oxygens (including phenoxy) is 1. The van der Waals surface area contributed by atoms with Gasteiger partial charge in [0, 0.05) is 24.8 Å². The number of aliphatic carboxylic acids is 1. The van der Waals surface area contributed by atoms with Crippen LogP contribution in [0, 0.1) is 5.82 Å². The van der Waals surface area contributed by atoms with Crippen molar-refractivity contribution in [3.05, 3.63) is 77.3 Å². The van der Waals surface area contributed by atoms with E-state index in [1.165, 1.54) is 31.2 Å². The minimum atomic E-state index is -4.79. The summed E-state index contributed by atoms with van der Waals surface area (Å²) in [5.74, 6) is -2.28. The van der Waals surface area contributed by atoms with Crippen molar-refractivity contribution in [1.82, 2.24) is 14.7 Å². The van der Waals surface area contributed by atoms with Crippen LogP contribution in [0.2, 0.25) is 0 Å². The Labute approximate surface area is 216 Å². The molecule has 0 aliphatic rings. The van der Waals surface area contributed by atoms with Gasteiger partial charge in [-0.25, -0.2) is 27.3 Å². The predicted molar refractivity (Wildman–Crippen MR) is 132 cm³/mol. The summed E-state index contributed by atoms with van der Waals surface area (Å²) in [6, 6.07) is 5.53. The molecule has 2 aromatic rings. The van der Waals surface area contributed by atoms with Gasteiger partial charge in [0.25, 0.3) is 0 Å². The van der Waals surface area contributed by atoms with Crippen molar-refractivity contribution in [3.8, 4) is 0 Å². The highest BCUT2D eigenvalue weighted by molar-refractivity contribution is 7.93. The maximum absolute atomic E-state index is 13.3. The van der Waals surface area contributed by atoms with Crippen LogP contribution in [-0.2, 0) is 25.7 Å². The summed E-state index contributed by atoms with van der Waals surface area (Å²) < 4.78 is 85.1. The number of carbonyl (C=O) groups is 1. The molecule has 206 valence electrons. The largest absolute Gasteiger partial charge is 0.479 e. The second kappa shape index (κ2) is 13.0. The van der Waals surface area contributed by atoms with Crippen molar-refractivity contribution < 1.29 is 40.6 Å². The van der Waals surface area contributed by atoms with Gasteiger partial charge < -0.3 is 20.5 Å². The van der Waals surface area contributed by atoms with Crippen molar-refractivity contribution in [2.75, 3.05) is 23.7 Å². The molecule has 15 heteroatoms. The second-order valence-corrected chi connectivity index (χ2v) is 9.33. The fraction of sp³-hybridized carbons (Fsp3) is 0.261. The van der Waals surface area contributed by atoms with Crippen molar-refractivity contribution in [2.24, 2.45) is 0 Å². The molecule has 0 radical (unpaired) electrons. The molecular formula is C23H25F4N5O5S. The normalized spacial score (nSPS) is 13.3. The SMILES string of the molecule is C=C(/C=C\C(=C/C)O[C@H](C)C(=O)O)S(=O)(=O)NCCNc1nc(Nc2ccc(F)cc2)cc(C(F)(F)F)n1. The highest BCUT2D eigenvalue weighted by atomic mass is 32.2. The molecule has 10 nitrogen and oxygen atoms in total. The molecule has 2 rings (SSSR count). The first-order chi connectivity index (χ1) is 17.7. The molecule has 0 bridgehead atoms. The van der Waals surface area contributed by atoms with Gasteiger partial charge in [-0.15, -0.1) is 0 Å². The Morgan fingerprint density at radius 3 is 2.42 bits per heavy atom. The maximum atomic E-state index is 13.3. The number of benzene rings is 1. The number of allylic oxidation sites excluding steroid dienone is 3. The Balaban J connectivity index is 2.02. The molecule has 0 unspecified atom stereocenters. The van der Waals surface area contributed by atoms with Crippen LogP contribution < -0.4 is 15.4 Å². The first kappa shape index (κ1) is 30.2. The van der Waals surface area contributed by atoms with E-state index in [4.69, 9.17) is 9.84 Å². The molecule has 0 aliphatic heterocycles. The van der Waals surface area contributed by atoms with E-state index < -0.39 is 45.7 Å². The fourth-order valence-corrected chi connectivity index (χ4v) is 3.40. The number of hydrogen-bond donors (Lipinski definition) is 4. The summed E-state index contributed by atoms with van der Waals surface area (Å²) in [6.45, 7) is 5.85. The lowest BCUT2D eigenvalue weighted by Gasteiger charge is -2.13. The van der Waals surface area contributed by atoms with Crippen LogP contribution in [0.15, 0.2) is 65.8 Å². The van der Waals surface area contributed by atoms with E-state index in [2.05, 4.69) is 31.9 Å². The van der Waals surface area contributed by atoms with Crippen LogP contribution in [0.25, 0.3) is 0 Å². The summed E-state index contributed by atoms with van der Waals surface area (Å²) in [6.07, 6.45) is -2.19. The monoisotopic (exact) mass is 559 g/mol. The first-order valence-corrected chi connectivity index (χ1v) is 12.3. The van der Waals surface area contributed by atoms with Gasteiger partial charge in [0.2, 0.25) is 16.0 Å². The molecule has 0 spiro atoms. The van der Waals surface area contributed by atoms with Crippen LogP contribution in [0.1, 0.15) is 19.5 Å². The topological polar surface area (TPSA) is 143 Å². The highest BCUT2D eigenvalue weighted by Crippen LogP contribution is 2.30. The van der Waals surface area contributed by atoms with E-state index in [9.17, 15) is 30.8 Å². The molecule has 0 amide bonds. The Morgan fingerprint density at radius 2 is 1.84 bits per heavy atom. The number of carboxylic acid groups (broad SMARTS) is 1. The van der Waals surface area contributed by atoms with Gasteiger partial charge in [0.15, 0.2) is 11.8 Å². The maximum Gasteiger partial charge on any atom is 0.433 e. The van der Waals surface area contributed by atoms with E-state index in [0.717, 1.165) is 18.2 Å². The zero-order valence-electron chi connectivity index (χ0n) is 20.2. The van der Waals surface area contributed by atoms with Crippen LogP contribution in [0.5, 0.6) is 0 Å². The third-order valence-corrected chi connectivity index (χ3v) is 5.97. The van der Waals surface area contributed by atoms with Gasteiger partial charge in [-0.2, -0.15) is 18.2 Å². The molecule has 4 N–H and O–H groups in total. The van der Waals surface area contributed by atoms with Gasteiger partial charge in [-0.1, -0.05) is 6.58 Å². The Hall–Kier alpha value is -3.98. The molecule has 0 saturated heterocycles. The van der Waals surface area contributed by atoms with E-state index >= 15 is 0 Å². The molecule has 38 heavy (non-hydrogen) atoms. The lowest BCUT2D eigenvalue weighted by molar-refractivity contribution is -0.146. The van der Waals surface area contributed by atoms with Crippen LogP contribution >= 0.6 is 0 Å². The third-order valence-electron chi connectivity index (χ3n) is 4.56. The number of alkyl halides is 3. The van der Waals surface area contributed by atoms with Gasteiger partial charge >= 0.3 is 12.1 Å². The highest BCUT2D eigenvalue weighted by Gasteiger charge is 2.33. The minimum absolute atomic E-state index is 0.102. The number of sulfonamides is 1. The van der Waals surface area contributed by atoms with Crippen LogP contribution in [-0.4, -0.2) is 48.7 Å². The summed E-state index contributed by atoms with van der Waals surface area (Å²) in [4.78, 5) is 17.9. The Morgan fingerprint density at radius 1 is 1.18 bits per heavy atom. The molecule has 0 aliphatic carbocycles. The zero-order valence-corrected chi connectivity index (χ0v) is 21.0. The number of nitrogens with one attached hydrogen (secondary N) is 3. The molecule has 0 fully saturated rings. The summed E-state index contributed by atoms with van der Waals surface area (Å²) in [7, 11) is -4.08. The van der Waals surface area contributed by atoms with Crippen molar-refractivity contribution in [1.29, 1.82) is 0 Å². The summed E-state index contributed by atoms with van der Waals surface area (Å²) >= 11 is 0. The minimum Gasteiger partial charge on any atom is -0.479 e. The van der Waals surface area contributed by atoms with Crippen LogP contribution in [0.4, 0.5) is 35.0 Å². The number of nitrogens with zero attached hydrogens (tertiary/aromatic N) is 2. The fourth-order valence-electron chi connectivity index (χ4n) is 2.59.